The van der Waals surface area contributed by atoms with Gasteiger partial charge in [0.15, 0.2) is 11.9 Å². The van der Waals surface area contributed by atoms with Gasteiger partial charge in [0.05, 0.1) is 0 Å². The first-order valence-electron chi connectivity index (χ1n) is 7.81. The summed E-state index contributed by atoms with van der Waals surface area (Å²) < 4.78 is 16.4. The highest BCUT2D eigenvalue weighted by Crippen LogP contribution is 2.22. The lowest BCUT2D eigenvalue weighted by molar-refractivity contribution is -0.123. The number of benzene rings is 2. The molecular formula is C19H18N2O4. The molecule has 25 heavy (non-hydrogen) atoms. The molecule has 6 heteroatoms. The number of hydrogen-bond donors (Lipinski definition) is 1. The minimum absolute atomic E-state index is 0.286. The van der Waals surface area contributed by atoms with Crippen molar-refractivity contribution in [3.05, 3.63) is 66.4 Å². The van der Waals surface area contributed by atoms with Gasteiger partial charge >= 0.3 is 0 Å². The Balaban J connectivity index is 1.57. The van der Waals surface area contributed by atoms with Crippen molar-refractivity contribution in [2.75, 3.05) is 0 Å². The zero-order chi connectivity index (χ0) is 17.6. The van der Waals surface area contributed by atoms with E-state index in [1.807, 2.05) is 36.4 Å². The van der Waals surface area contributed by atoms with Gasteiger partial charge in [-0.25, -0.2) is 0 Å². The van der Waals surface area contributed by atoms with Crippen LogP contribution in [0.1, 0.15) is 12.6 Å². The van der Waals surface area contributed by atoms with E-state index in [1.54, 1.807) is 31.2 Å². The molecule has 0 bridgehead atoms. The number of carbonyl (C=O) groups is 1. The van der Waals surface area contributed by atoms with E-state index in [2.05, 4.69) is 5.16 Å². The van der Waals surface area contributed by atoms with Gasteiger partial charge in [0, 0.05) is 11.6 Å². The molecule has 128 valence electrons. The predicted molar refractivity (Wildman–Crippen MR) is 92.0 cm³/mol. The monoisotopic (exact) mass is 338 g/mol. The highest BCUT2D eigenvalue weighted by Gasteiger charge is 2.10. The number of rotatable bonds is 7. The van der Waals surface area contributed by atoms with E-state index in [0.29, 0.717) is 23.0 Å². The van der Waals surface area contributed by atoms with Gasteiger partial charge in [-0.15, -0.1) is 0 Å². The lowest BCUT2D eigenvalue weighted by Crippen LogP contribution is -2.30. The molecule has 2 N–H and O–H groups in total. The molecule has 1 amide bonds. The summed E-state index contributed by atoms with van der Waals surface area (Å²) in [4.78, 5) is 11.0. The maximum atomic E-state index is 11.0. The molecule has 0 radical (unpaired) electrons. The largest absolute Gasteiger partial charge is 0.487 e. The Labute approximate surface area is 145 Å². The SMILES string of the molecule is C[C@@H](Oc1ccc(OCc2cc(-c3ccccc3)on2)cc1)C(N)=O. The van der Waals surface area contributed by atoms with Crippen LogP contribution in [0.5, 0.6) is 11.5 Å². The number of primary amides is 1. The maximum absolute atomic E-state index is 11.0. The number of nitrogens with zero attached hydrogens (tertiary/aromatic N) is 1. The van der Waals surface area contributed by atoms with Gasteiger partial charge in [0.1, 0.15) is 23.8 Å². The molecule has 0 spiro atoms. The van der Waals surface area contributed by atoms with Crippen LogP contribution in [0.3, 0.4) is 0 Å². The second-order valence-electron chi connectivity index (χ2n) is 5.47. The molecule has 1 atom stereocenters. The molecule has 0 aliphatic rings. The van der Waals surface area contributed by atoms with Gasteiger partial charge in [-0.1, -0.05) is 35.5 Å². The van der Waals surface area contributed by atoms with Gasteiger partial charge in [-0.2, -0.15) is 0 Å². The van der Waals surface area contributed by atoms with Crippen LogP contribution in [0.15, 0.2) is 65.2 Å². The Hall–Kier alpha value is -3.28. The minimum atomic E-state index is -0.682. The topological polar surface area (TPSA) is 87.6 Å². The average molecular weight is 338 g/mol. The molecule has 6 nitrogen and oxygen atoms in total. The van der Waals surface area contributed by atoms with Crippen LogP contribution < -0.4 is 15.2 Å². The summed E-state index contributed by atoms with van der Waals surface area (Å²) in [5, 5.41) is 4.01. The van der Waals surface area contributed by atoms with Crippen molar-refractivity contribution in [3.8, 4) is 22.8 Å². The highest BCUT2D eigenvalue weighted by molar-refractivity contribution is 5.78. The molecule has 0 unspecified atom stereocenters. The van der Waals surface area contributed by atoms with Gasteiger partial charge in [0.25, 0.3) is 5.91 Å². The second kappa shape index (κ2) is 7.53. The van der Waals surface area contributed by atoms with Crippen LogP contribution in [0.4, 0.5) is 0 Å². The number of amides is 1. The number of hydrogen-bond acceptors (Lipinski definition) is 5. The fraction of sp³-hybridized carbons (Fsp3) is 0.158. The van der Waals surface area contributed by atoms with Crippen molar-refractivity contribution >= 4 is 5.91 Å². The number of nitrogens with two attached hydrogens (primary N) is 1. The van der Waals surface area contributed by atoms with E-state index in [4.69, 9.17) is 19.7 Å². The van der Waals surface area contributed by atoms with E-state index < -0.39 is 12.0 Å². The summed E-state index contributed by atoms with van der Waals surface area (Å²) in [6.45, 7) is 1.88. The highest BCUT2D eigenvalue weighted by atomic mass is 16.5. The van der Waals surface area contributed by atoms with Crippen LogP contribution in [0.25, 0.3) is 11.3 Å². The Morgan fingerprint density at radius 2 is 1.80 bits per heavy atom. The molecule has 0 fully saturated rings. The van der Waals surface area contributed by atoms with Gasteiger partial charge < -0.3 is 19.7 Å². The number of carbonyl (C=O) groups excluding carboxylic acids is 1. The molecular weight excluding hydrogens is 320 g/mol. The summed E-state index contributed by atoms with van der Waals surface area (Å²) in [7, 11) is 0. The predicted octanol–water partition coefficient (Wildman–Crippen LogP) is 3.17. The third-order valence-electron chi connectivity index (χ3n) is 3.54. The van der Waals surface area contributed by atoms with Gasteiger partial charge in [0.2, 0.25) is 0 Å². The van der Waals surface area contributed by atoms with Gasteiger partial charge in [-0.3, -0.25) is 4.79 Å². The summed E-state index contributed by atoms with van der Waals surface area (Å²) in [5.74, 6) is 1.39. The quantitative estimate of drug-likeness (QED) is 0.715. The Morgan fingerprint density at radius 1 is 1.12 bits per heavy atom. The molecule has 2 aromatic carbocycles. The Kier molecular flexibility index (Phi) is 4.99. The maximum Gasteiger partial charge on any atom is 0.258 e. The molecule has 0 aliphatic carbocycles. The minimum Gasteiger partial charge on any atom is -0.487 e. The van der Waals surface area contributed by atoms with Crippen molar-refractivity contribution in [2.45, 2.75) is 19.6 Å². The third-order valence-corrected chi connectivity index (χ3v) is 3.54. The summed E-state index contributed by atoms with van der Waals surface area (Å²) in [5.41, 5.74) is 6.83. The molecule has 3 aromatic rings. The van der Waals surface area contributed by atoms with E-state index in [9.17, 15) is 4.79 Å². The molecule has 3 rings (SSSR count). The van der Waals surface area contributed by atoms with E-state index >= 15 is 0 Å². The molecule has 0 aliphatic heterocycles. The zero-order valence-corrected chi connectivity index (χ0v) is 13.7. The Morgan fingerprint density at radius 3 is 2.48 bits per heavy atom. The lowest BCUT2D eigenvalue weighted by atomic mass is 10.2. The summed E-state index contributed by atoms with van der Waals surface area (Å²) in [6.07, 6.45) is -0.682. The summed E-state index contributed by atoms with van der Waals surface area (Å²) >= 11 is 0. The van der Waals surface area contributed by atoms with Crippen LogP contribution in [0, 0.1) is 0 Å². The first-order chi connectivity index (χ1) is 12.1. The Bertz CT molecular complexity index is 828. The molecule has 1 aromatic heterocycles. The van der Waals surface area contributed by atoms with Crippen molar-refractivity contribution in [3.63, 3.8) is 0 Å². The fourth-order valence-corrected chi connectivity index (χ4v) is 2.15. The van der Waals surface area contributed by atoms with Crippen LogP contribution in [0.2, 0.25) is 0 Å². The van der Waals surface area contributed by atoms with Crippen molar-refractivity contribution in [1.29, 1.82) is 0 Å². The lowest BCUT2D eigenvalue weighted by Gasteiger charge is -2.11. The second-order valence-corrected chi connectivity index (χ2v) is 5.47. The van der Waals surface area contributed by atoms with Crippen LogP contribution in [-0.4, -0.2) is 17.2 Å². The first-order valence-corrected chi connectivity index (χ1v) is 7.81. The van der Waals surface area contributed by atoms with Gasteiger partial charge in [-0.05, 0) is 31.2 Å². The third kappa shape index (κ3) is 4.38. The van der Waals surface area contributed by atoms with E-state index in [0.717, 1.165) is 5.56 Å². The van der Waals surface area contributed by atoms with Crippen LogP contribution >= 0.6 is 0 Å². The number of ether oxygens (including phenoxy) is 2. The number of aromatic nitrogens is 1. The normalized spacial score (nSPS) is 11.7. The van der Waals surface area contributed by atoms with Crippen LogP contribution in [-0.2, 0) is 11.4 Å². The molecule has 1 heterocycles. The first kappa shape index (κ1) is 16.6. The van der Waals surface area contributed by atoms with Crippen molar-refractivity contribution in [2.24, 2.45) is 5.73 Å². The molecule has 0 saturated carbocycles. The smallest absolute Gasteiger partial charge is 0.258 e. The fourth-order valence-electron chi connectivity index (χ4n) is 2.15. The average Bonchev–Trinajstić information content (AvgIpc) is 3.11. The van der Waals surface area contributed by atoms with E-state index in [-0.39, 0.29) is 6.61 Å². The summed E-state index contributed by atoms with van der Waals surface area (Å²) in [6, 6.07) is 18.5. The van der Waals surface area contributed by atoms with Crippen molar-refractivity contribution < 1.29 is 18.8 Å². The van der Waals surface area contributed by atoms with Crippen molar-refractivity contribution in [1.82, 2.24) is 5.16 Å². The zero-order valence-electron chi connectivity index (χ0n) is 13.7. The molecule has 0 saturated heterocycles. The standard InChI is InChI=1S/C19H18N2O4/c1-13(19(20)22)24-17-9-7-16(8-10-17)23-12-15-11-18(25-21-15)14-5-3-2-4-6-14/h2-11,13H,12H2,1H3,(H2,20,22)/t13-/m1/s1. The van der Waals surface area contributed by atoms with E-state index in [1.165, 1.54) is 0 Å².